The summed E-state index contributed by atoms with van der Waals surface area (Å²) >= 11 is 0. The molecule has 4 aromatic rings. The Morgan fingerprint density at radius 3 is 2.18 bits per heavy atom. The number of aryl methyl sites for hydroxylation is 2. The van der Waals surface area contributed by atoms with Gasteiger partial charge in [-0.1, -0.05) is 42.0 Å². The van der Waals surface area contributed by atoms with E-state index in [1.165, 1.54) is 13.1 Å². The Hall–Kier alpha value is -2.75. The number of ketones is 1. The Labute approximate surface area is 212 Å². The van der Waals surface area contributed by atoms with Gasteiger partial charge in [-0.15, -0.1) is 0 Å². The summed E-state index contributed by atoms with van der Waals surface area (Å²) < 4.78 is 37.8. The summed E-state index contributed by atoms with van der Waals surface area (Å²) in [5.74, 6) is -0.318. The standard InChI is InChI=1S/C24H18N2O5S.Na/c1-13-7-9-14(10-8-13)25-18-12-19(32(29,30)31)23-21-17(11-20(27)26(23)2)15-5-3-4-6-16(15)24(28)22(18)21;/h3-12,25H,1-2H3,(H,29,30,31);/q;+1/p-1. The number of fused-ring (bicyclic) bond motifs is 2. The first kappa shape index (κ1) is 23.4. The van der Waals surface area contributed by atoms with Crippen LogP contribution in [0, 0.1) is 6.92 Å². The van der Waals surface area contributed by atoms with Gasteiger partial charge in [0.25, 0.3) is 5.56 Å². The first-order valence-electron chi connectivity index (χ1n) is 9.81. The van der Waals surface area contributed by atoms with Gasteiger partial charge in [-0.05, 0) is 36.2 Å². The molecule has 0 bridgehead atoms. The molecule has 1 aliphatic carbocycles. The van der Waals surface area contributed by atoms with Crippen LogP contribution < -0.4 is 40.4 Å². The van der Waals surface area contributed by atoms with E-state index in [-0.39, 0.29) is 57.5 Å². The third-order valence-corrected chi connectivity index (χ3v) is 6.61. The van der Waals surface area contributed by atoms with E-state index in [1.54, 1.807) is 36.4 Å². The van der Waals surface area contributed by atoms with Gasteiger partial charge in [0, 0.05) is 29.8 Å². The number of nitrogens with zero attached hydrogens (tertiary/aromatic N) is 1. The van der Waals surface area contributed by atoms with Gasteiger partial charge < -0.3 is 14.4 Å². The van der Waals surface area contributed by atoms with Gasteiger partial charge >= 0.3 is 29.6 Å². The predicted molar refractivity (Wildman–Crippen MR) is 120 cm³/mol. The number of carbonyl (C=O) groups excluding carboxylic acids is 1. The normalized spacial score (nSPS) is 12.3. The van der Waals surface area contributed by atoms with Crippen molar-refractivity contribution in [3.8, 4) is 11.1 Å². The Morgan fingerprint density at radius 1 is 0.909 bits per heavy atom. The Morgan fingerprint density at radius 2 is 1.55 bits per heavy atom. The fourth-order valence-corrected chi connectivity index (χ4v) is 4.96. The van der Waals surface area contributed by atoms with Gasteiger partial charge in [-0.25, -0.2) is 8.42 Å². The second-order valence-electron chi connectivity index (χ2n) is 7.80. The first-order chi connectivity index (χ1) is 15.2. The molecule has 0 amide bonds. The summed E-state index contributed by atoms with van der Waals surface area (Å²) in [4.78, 5) is 25.7. The molecular formula is C24H17N2NaO5S. The molecule has 1 aromatic heterocycles. The zero-order valence-electron chi connectivity index (χ0n) is 18.2. The second kappa shape index (κ2) is 8.23. The maximum absolute atomic E-state index is 13.6. The Bertz CT molecular complexity index is 1620. The van der Waals surface area contributed by atoms with E-state index in [0.29, 0.717) is 22.4 Å². The topological polar surface area (TPSA) is 108 Å². The van der Waals surface area contributed by atoms with Crippen molar-refractivity contribution in [2.45, 2.75) is 11.8 Å². The van der Waals surface area contributed by atoms with Gasteiger partial charge in [0.15, 0.2) is 5.78 Å². The fraction of sp³-hybridized carbons (Fsp3) is 0.0833. The second-order valence-corrected chi connectivity index (χ2v) is 9.14. The van der Waals surface area contributed by atoms with Crippen LogP contribution in [0.5, 0.6) is 0 Å². The smallest absolute Gasteiger partial charge is 0.744 e. The monoisotopic (exact) mass is 468 g/mol. The van der Waals surface area contributed by atoms with E-state index < -0.39 is 20.6 Å². The van der Waals surface area contributed by atoms with Gasteiger partial charge in [0.2, 0.25) is 0 Å². The Balaban J connectivity index is 0.00000259. The molecule has 0 spiro atoms. The van der Waals surface area contributed by atoms with Crippen LogP contribution in [0.25, 0.3) is 22.0 Å². The van der Waals surface area contributed by atoms with Crippen molar-refractivity contribution in [3.05, 3.63) is 87.7 Å². The molecule has 0 fully saturated rings. The Kier molecular flexibility index (Phi) is 5.84. The van der Waals surface area contributed by atoms with Crippen molar-refractivity contribution < 1.29 is 47.3 Å². The molecule has 33 heavy (non-hydrogen) atoms. The van der Waals surface area contributed by atoms with E-state index in [1.807, 2.05) is 19.1 Å². The average Bonchev–Trinajstić information content (AvgIpc) is 2.75. The number of pyridine rings is 1. The average molecular weight is 468 g/mol. The summed E-state index contributed by atoms with van der Waals surface area (Å²) in [5.41, 5.74) is 2.85. The van der Waals surface area contributed by atoms with E-state index in [4.69, 9.17) is 0 Å². The third-order valence-electron chi connectivity index (χ3n) is 5.76. The van der Waals surface area contributed by atoms with Crippen LogP contribution in [0.15, 0.2) is 70.4 Å². The van der Waals surface area contributed by atoms with Gasteiger partial charge in [-0.2, -0.15) is 0 Å². The van der Waals surface area contributed by atoms with Gasteiger partial charge in [0.1, 0.15) is 10.1 Å². The fourth-order valence-electron chi connectivity index (χ4n) is 4.23. The molecule has 0 saturated heterocycles. The molecule has 0 aliphatic heterocycles. The molecule has 1 aliphatic rings. The van der Waals surface area contributed by atoms with Gasteiger partial charge in [0.05, 0.1) is 21.7 Å². The van der Waals surface area contributed by atoms with E-state index in [0.717, 1.165) is 16.2 Å². The summed E-state index contributed by atoms with van der Waals surface area (Å²) in [5, 5.41) is 3.37. The molecular weight excluding hydrogens is 451 g/mol. The summed E-state index contributed by atoms with van der Waals surface area (Å²) in [6, 6.07) is 16.7. The first-order valence-corrected chi connectivity index (χ1v) is 11.2. The number of aromatic nitrogens is 1. The number of anilines is 2. The van der Waals surface area contributed by atoms with Crippen LogP contribution in [-0.2, 0) is 17.2 Å². The number of nitrogens with one attached hydrogen (secondary N) is 1. The van der Waals surface area contributed by atoms with E-state index in [2.05, 4.69) is 5.32 Å². The van der Waals surface area contributed by atoms with Crippen LogP contribution in [0.4, 0.5) is 11.4 Å². The molecule has 1 N–H and O–H groups in total. The summed E-state index contributed by atoms with van der Waals surface area (Å²) in [7, 11) is -3.58. The number of hydrogen-bond donors (Lipinski definition) is 1. The van der Waals surface area contributed by atoms with Crippen molar-refractivity contribution >= 4 is 38.2 Å². The molecule has 0 radical (unpaired) electrons. The summed E-state index contributed by atoms with van der Waals surface area (Å²) in [6.45, 7) is 1.93. The van der Waals surface area contributed by atoms with Crippen LogP contribution in [0.3, 0.4) is 0 Å². The predicted octanol–water partition coefficient (Wildman–Crippen LogP) is 0.710. The minimum absolute atomic E-state index is 0. The van der Waals surface area contributed by atoms with E-state index in [9.17, 15) is 22.6 Å². The van der Waals surface area contributed by atoms with Crippen molar-refractivity contribution in [2.24, 2.45) is 7.05 Å². The van der Waals surface area contributed by atoms with Crippen molar-refractivity contribution in [1.82, 2.24) is 4.57 Å². The van der Waals surface area contributed by atoms with Crippen molar-refractivity contribution in [2.75, 3.05) is 5.32 Å². The quantitative estimate of drug-likeness (QED) is 0.309. The van der Waals surface area contributed by atoms with Gasteiger partial charge in [-0.3, -0.25) is 9.59 Å². The largest absolute Gasteiger partial charge is 1.00 e. The molecule has 0 unspecified atom stereocenters. The molecule has 7 nitrogen and oxygen atoms in total. The minimum atomic E-state index is -4.96. The molecule has 5 rings (SSSR count). The maximum atomic E-state index is 13.6. The van der Waals surface area contributed by atoms with Crippen LogP contribution in [-0.4, -0.2) is 23.3 Å². The SMILES string of the molecule is Cc1ccc(Nc2cc(S(=O)(=O)[O-])c3c4c(cc(=O)n3C)-c3ccccc3C(=O)c24)cc1.[Na+]. The number of hydrogen-bond acceptors (Lipinski definition) is 6. The van der Waals surface area contributed by atoms with Crippen LogP contribution in [0.1, 0.15) is 21.5 Å². The number of benzene rings is 3. The molecule has 1 heterocycles. The van der Waals surface area contributed by atoms with Crippen molar-refractivity contribution in [3.63, 3.8) is 0 Å². The minimum Gasteiger partial charge on any atom is -0.744 e. The zero-order chi connectivity index (χ0) is 22.8. The zero-order valence-corrected chi connectivity index (χ0v) is 21.0. The van der Waals surface area contributed by atoms with E-state index >= 15 is 0 Å². The molecule has 0 saturated carbocycles. The number of carbonyl (C=O) groups is 1. The molecule has 160 valence electrons. The molecule has 0 atom stereocenters. The number of rotatable bonds is 3. The van der Waals surface area contributed by atoms with Crippen LogP contribution >= 0.6 is 0 Å². The maximum Gasteiger partial charge on any atom is 1.00 e. The van der Waals surface area contributed by atoms with Crippen molar-refractivity contribution in [1.29, 1.82) is 0 Å². The molecule has 9 heteroatoms. The molecule has 3 aromatic carbocycles. The van der Waals surface area contributed by atoms with Crippen LogP contribution in [0.2, 0.25) is 0 Å². The summed E-state index contributed by atoms with van der Waals surface area (Å²) in [6.07, 6.45) is 0. The third kappa shape index (κ3) is 3.74.